The van der Waals surface area contributed by atoms with E-state index in [1.54, 1.807) is 19.4 Å². The van der Waals surface area contributed by atoms with Crippen LogP contribution in [0.5, 0.6) is 0 Å². The van der Waals surface area contributed by atoms with Crippen molar-refractivity contribution in [1.29, 1.82) is 0 Å². The molecule has 0 radical (unpaired) electrons. The molecule has 1 N–H and O–H groups in total. The minimum atomic E-state index is -1.44. The van der Waals surface area contributed by atoms with Crippen LogP contribution in [0.1, 0.15) is 5.56 Å². The number of amides is 1. The molecule has 0 aliphatic heterocycles. The van der Waals surface area contributed by atoms with E-state index in [9.17, 15) is 4.79 Å². The van der Waals surface area contributed by atoms with E-state index in [0.717, 1.165) is 11.1 Å². The lowest BCUT2D eigenvalue weighted by Gasteiger charge is -2.29. The molecule has 1 amide bonds. The Morgan fingerprint density at radius 2 is 1.76 bits per heavy atom. The molecule has 0 atom stereocenters. The summed E-state index contributed by atoms with van der Waals surface area (Å²) in [6.07, 6.45) is 3.51. The molecule has 1 aromatic heterocycles. The van der Waals surface area contributed by atoms with Crippen molar-refractivity contribution in [3.63, 3.8) is 0 Å². The molecule has 0 bridgehead atoms. The van der Waals surface area contributed by atoms with Gasteiger partial charge in [-0.15, -0.1) is 0 Å². The fourth-order valence-corrected chi connectivity index (χ4v) is 2.22. The standard InChI is InChI=1S/C16H18N2O3/c1-17-15(19)16(20-2,21-3)14-8-6-12(7-9-14)13-5-4-10-18-11-13/h4-11H,1-3H3,(H,17,19). The molecule has 1 aromatic carbocycles. The summed E-state index contributed by atoms with van der Waals surface area (Å²) in [7, 11) is 4.42. The van der Waals surface area contributed by atoms with E-state index >= 15 is 0 Å². The van der Waals surface area contributed by atoms with E-state index in [1.165, 1.54) is 14.2 Å². The van der Waals surface area contributed by atoms with Gasteiger partial charge in [-0.05, 0) is 17.2 Å². The molecular formula is C16H18N2O3. The number of rotatable bonds is 5. The van der Waals surface area contributed by atoms with Crippen LogP contribution in [-0.2, 0) is 20.1 Å². The van der Waals surface area contributed by atoms with Crippen molar-refractivity contribution >= 4 is 5.91 Å². The molecule has 110 valence electrons. The molecule has 0 unspecified atom stereocenters. The highest BCUT2D eigenvalue weighted by atomic mass is 16.7. The predicted molar refractivity (Wildman–Crippen MR) is 79.4 cm³/mol. The first-order valence-electron chi connectivity index (χ1n) is 6.51. The molecule has 0 saturated carbocycles. The summed E-state index contributed by atoms with van der Waals surface area (Å²) >= 11 is 0. The summed E-state index contributed by atoms with van der Waals surface area (Å²) in [5.74, 6) is -1.80. The zero-order valence-electron chi connectivity index (χ0n) is 12.3. The second-order valence-electron chi connectivity index (χ2n) is 4.42. The van der Waals surface area contributed by atoms with Crippen LogP contribution < -0.4 is 5.32 Å². The number of hydrogen-bond donors (Lipinski definition) is 1. The normalized spacial score (nSPS) is 11.2. The van der Waals surface area contributed by atoms with Gasteiger partial charge in [-0.3, -0.25) is 9.78 Å². The number of benzene rings is 1. The monoisotopic (exact) mass is 286 g/mol. The lowest BCUT2D eigenvalue weighted by molar-refractivity contribution is -0.215. The maximum atomic E-state index is 12.1. The Hall–Kier alpha value is -2.24. The quantitative estimate of drug-likeness (QED) is 0.853. The van der Waals surface area contributed by atoms with Gasteiger partial charge in [0.1, 0.15) is 0 Å². The Balaban J connectivity index is 2.39. The summed E-state index contributed by atoms with van der Waals surface area (Å²) in [4.78, 5) is 16.2. The lowest BCUT2D eigenvalue weighted by Crippen LogP contribution is -2.46. The lowest BCUT2D eigenvalue weighted by atomic mass is 10.00. The third-order valence-corrected chi connectivity index (χ3v) is 3.36. The topological polar surface area (TPSA) is 60.5 Å². The first kappa shape index (κ1) is 15.2. The number of ether oxygens (including phenoxy) is 2. The fraction of sp³-hybridized carbons (Fsp3) is 0.250. The average Bonchev–Trinajstić information content (AvgIpc) is 2.57. The van der Waals surface area contributed by atoms with Gasteiger partial charge in [0.2, 0.25) is 0 Å². The summed E-state index contributed by atoms with van der Waals surface area (Å²) in [6.45, 7) is 0. The molecule has 2 aromatic rings. The van der Waals surface area contributed by atoms with E-state index in [1.807, 2.05) is 36.4 Å². The Kier molecular flexibility index (Phi) is 4.67. The molecule has 0 aliphatic carbocycles. The molecule has 0 fully saturated rings. The van der Waals surface area contributed by atoms with Crippen molar-refractivity contribution in [1.82, 2.24) is 10.3 Å². The van der Waals surface area contributed by atoms with Crippen LogP contribution in [0.3, 0.4) is 0 Å². The highest BCUT2D eigenvalue weighted by Gasteiger charge is 2.40. The number of carbonyl (C=O) groups excluding carboxylic acids is 1. The number of pyridine rings is 1. The number of nitrogens with one attached hydrogen (secondary N) is 1. The first-order chi connectivity index (χ1) is 10.2. The summed E-state index contributed by atoms with van der Waals surface area (Å²) in [5, 5.41) is 2.55. The van der Waals surface area contributed by atoms with Crippen LogP contribution >= 0.6 is 0 Å². The Bertz CT molecular complexity index is 593. The third-order valence-electron chi connectivity index (χ3n) is 3.36. The van der Waals surface area contributed by atoms with Crippen molar-refractivity contribution in [2.24, 2.45) is 0 Å². The van der Waals surface area contributed by atoms with Crippen molar-refractivity contribution in [3.8, 4) is 11.1 Å². The largest absolute Gasteiger partial charge is 0.354 e. The third kappa shape index (κ3) is 2.79. The van der Waals surface area contributed by atoms with Gasteiger partial charge in [-0.1, -0.05) is 30.3 Å². The highest BCUT2D eigenvalue weighted by molar-refractivity contribution is 5.85. The van der Waals surface area contributed by atoms with Crippen molar-refractivity contribution < 1.29 is 14.3 Å². The van der Waals surface area contributed by atoms with Crippen LogP contribution in [0.15, 0.2) is 48.8 Å². The van der Waals surface area contributed by atoms with Crippen LogP contribution in [0, 0.1) is 0 Å². The maximum absolute atomic E-state index is 12.1. The summed E-state index contributed by atoms with van der Waals surface area (Å²) in [5.41, 5.74) is 2.63. The van der Waals surface area contributed by atoms with Crippen molar-refractivity contribution in [3.05, 3.63) is 54.4 Å². The van der Waals surface area contributed by atoms with Gasteiger partial charge < -0.3 is 14.8 Å². The molecule has 0 aliphatic rings. The molecule has 2 rings (SSSR count). The van der Waals surface area contributed by atoms with Gasteiger partial charge in [0.15, 0.2) is 0 Å². The van der Waals surface area contributed by atoms with E-state index in [2.05, 4.69) is 10.3 Å². The van der Waals surface area contributed by atoms with Gasteiger partial charge in [-0.2, -0.15) is 0 Å². The average molecular weight is 286 g/mol. The Morgan fingerprint density at radius 3 is 2.24 bits per heavy atom. The zero-order valence-corrected chi connectivity index (χ0v) is 12.3. The van der Waals surface area contributed by atoms with Crippen LogP contribution in [0.4, 0.5) is 0 Å². The van der Waals surface area contributed by atoms with E-state index < -0.39 is 5.79 Å². The van der Waals surface area contributed by atoms with Crippen molar-refractivity contribution in [2.45, 2.75) is 5.79 Å². The molecule has 1 heterocycles. The maximum Gasteiger partial charge on any atom is 0.285 e. The number of methoxy groups -OCH3 is 2. The number of carbonyl (C=O) groups is 1. The summed E-state index contributed by atoms with van der Waals surface area (Å²) in [6, 6.07) is 11.3. The van der Waals surface area contributed by atoms with Crippen LogP contribution in [-0.4, -0.2) is 32.2 Å². The Labute approximate surface area is 123 Å². The first-order valence-corrected chi connectivity index (χ1v) is 6.51. The molecule has 21 heavy (non-hydrogen) atoms. The van der Waals surface area contributed by atoms with Crippen LogP contribution in [0.25, 0.3) is 11.1 Å². The highest BCUT2D eigenvalue weighted by Crippen LogP contribution is 2.28. The second-order valence-corrected chi connectivity index (χ2v) is 4.42. The van der Waals surface area contributed by atoms with E-state index in [0.29, 0.717) is 5.56 Å². The predicted octanol–water partition coefficient (Wildman–Crippen LogP) is 1.94. The fourth-order valence-electron chi connectivity index (χ4n) is 2.22. The summed E-state index contributed by atoms with van der Waals surface area (Å²) < 4.78 is 10.6. The van der Waals surface area contributed by atoms with Gasteiger partial charge in [-0.25, -0.2) is 0 Å². The number of aromatic nitrogens is 1. The smallest absolute Gasteiger partial charge is 0.285 e. The molecular weight excluding hydrogens is 268 g/mol. The van der Waals surface area contributed by atoms with Gasteiger partial charge in [0.25, 0.3) is 11.7 Å². The SMILES string of the molecule is CNC(=O)C(OC)(OC)c1ccc(-c2cccnc2)cc1. The van der Waals surface area contributed by atoms with Gasteiger partial charge in [0.05, 0.1) is 0 Å². The van der Waals surface area contributed by atoms with Gasteiger partial charge in [0, 0.05) is 39.2 Å². The minimum Gasteiger partial charge on any atom is -0.354 e. The molecule has 0 saturated heterocycles. The second kappa shape index (κ2) is 6.47. The Morgan fingerprint density at radius 1 is 1.10 bits per heavy atom. The number of nitrogens with zero attached hydrogens (tertiary/aromatic N) is 1. The number of hydrogen-bond acceptors (Lipinski definition) is 4. The molecule has 5 heteroatoms. The van der Waals surface area contributed by atoms with Crippen LogP contribution in [0.2, 0.25) is 0 Å². The van der Waals surface area contributed by atoms with E-state index in [-0.39, 0.29) is 5.91 Å². The van der Waals surface area contributed by atoms with E-state index in [4.69, 9.17) is 9.47 Å². The van der Waals surface area contributed by atoms with Crippen molar-refractivity contribution in [2.75, 3.05) is 21.3 Å². The van der Waals surface area contributed by atoms with Gasteiger partial charge >= 0.3 is 0 Å². The number of likely N-dealkylation sites (N-methyl/N-ethyl adjacent to an activating group) is 1. The zero-order chi connectivity index (χ0) is 15.3. The minimum absolute atomic E-state index is 0.360. The molecule has 5 nitrogen and oxygen atoms in total. The molecule has 0 spiro atoms.